The molecular formula is C15H14BrNO5. The Morgan fingerprint density at radius 2 is 1.73 bits per heavy atom. The van der Waals surface area contributed by atoms with Crippen molar-refractivity contribution in [3.63, 3.8) is 0 Å². The molecule has 0 aliphatic heterocycles. The number of nitro benzene ring substituents is 1. The summed E-state index contributed by atoms with van der Waals surface area (Å²) in [6.45, 7) is 0.159. The first-order valence-corrected chi connectivity index (χ1v) is 7.12. The second-order valence-electron chi connectivity index (χ2n) is 4.31. The van der Waals surface area contributed by atoms with Crippen molar-refractivity contribution in [3.8, 4) is 17.2 Å². The van der Waals surface area contributed by atoms with Crippen LogP contribution in [0.1, 0.15) is 5.56 Å². The van der Waals surface area contributed by atoms with Gasteiger partial charge < -0.3 is 14.2 Å². The Bertz CT molecular complexity index is 690. The molecule has 0 spiro atoms. The Morgan fingerprint density at radius 3 is 2.36 bits per heavy atom. The van der Waals surface area contributed by atoms with Gasteiger partial charge in [0.25, 0.3) is 0 Å². The first-order chi connectivity index (χ1) is 10.6. The number of halogens is 1. The van der Waals surface area contributed by atoms with Gasteiger partial charge in [-0.15, -0.1) is 0 Å². The fourth-order valence-electron chi connectivity index (χ4n) is 1.89. The van der Waals surface area contributed by atoms with Crippen molar-refractivity contribution >= 4 is 21.6 Å². The van der Waals surface area contributed by atoms with Crippen LogP contribution in [0.4, 0.5) is 5.69 Å². The van der Waals surface area contributed by atoms with Gasteiger partial charge in [0, 0.05) is 16.1 Å². The van der Waals surface area contributed by atoms with Crippen molar-refractivity contribution in [2.75, 3.05) is 14.2 Å². The molecule has 0 unspecified atom stereocenters. The second kappa shape index (κ2) is 7.13. The highest BCUT2D eigenvalue weighted by Gasteiger charge is 2.15. The monoisotopic (exact) mass is 367 g/mol. The molecule has 0 amide bonds. The van der Waals surface area contributed by atoms with Gasteiger partial charge in [-0.3, -0.25) is 10.1 Å². The molecule has 0 aromatic heterocycles. The van der Waals surface area contributed by atoms with Gasteiger partial charge in [-0.05, 0) is 18.2 Å². The Morgan fingerprint density at radius 1 is 1.09 bits per heavy atom. The van der Waals surface area contributed by atoms with E-state index >= 15 is 0 Å². The Balaban J connectivity index is 2.24. The summed E-state index contributed by atoms with van der Waals surface area (Å²) in [4.78, 5) is 10.5. The number of methoxy groups -OCH3 is 2. The molecular weight excluding hydrogens is 354 g/mol. The molecule has 0 aliphatic rings. The summed E-state index contributed by atoms with van der Waals surface area (Å²) in [5, 5.41) is 11.0. The van der Waals surface area contributed by atoms with E-state index in [1.807, 2.05) is 0 Å². The highest BCUT2D eigenvalue weighted by atomic mass is 79.9. The molecule has 22 heavy (non-hydrogen) atoms. The van der Waals surface area contributed by atoms with Gasteiger partial charge in [0.2, 0.25) is 0 Å². The molecule has 116 valence electrons. The van der Waals surface area contributed by atoms with Crippen LogP contribution in [-0.4, -0.2) is 19.1 Å². The minimum atomic E-state index is -0.473. The lowest BCUT2D eigenvalue weighted by atomic mass is 10.2. The molecule has 0 saturated carbocycles. The number of para-hydroxylation sites is 2. The summed E-state index contributed by atoms with van der Waals surface area (Å²) < 4.78 is 16.8. The van der Waals surface area contributed by atoms with Crippen molar-refractivity contribution in [3.05, 3.63) is 56.5 Å². The van der Waals surface area contributed by atoms with E-state index in [1.165, 1.54) is 6.07 Å². The summed E-state index contributed by atoms with van der Waals surface area (Å²) in [5.41, 5.74) is 0.718. The van der Waals surface area contributed by atoms with Gasteiger partial charge in [0.05, 0.1) is 19.1 Å². The molecule has 0 saturated heterocycles. The zero-order chi connectivity index (χ0) is 16.1. The number of nitro groups is 1. The predicted molar refractivity (Wildman–Crippen MR) is 84.7 cm³/mol. The van der Waals surface area contributed by atoms with E-state index in [0.717, 1.165) is 10.0 Å². The summed E-state index contributed by atoms with van der Waals surface area (Å²) >= 11 is 3.42. The topological polar surface area (TPSA) is 70.8 Å². The van der Waals surface area contributed by atoms with Crippen LogP contribution in [0.25, 0.3) is 0 Å². The van der Waals surface area contributed by atoms with E-state index < -0.39 is 4.92 Å². The standard InChI is InChI=1S/C15H14BrNO5/c1-20-14-7-10(11(16)8-15(14)21-2)9-22-13-6-4-3-5-12(13)17(18)19/h3-8H,9H2,1-2H3. The number of rotatable bonds is 6. The Kier molecular flexibility index (Phi) is 5.21. The van der Waals surface area contributed by atoms with Gasteiger partial charge in [-0.1, -0.05) is 28.1 Å². The third-order valence-corrected chi connectivity index (χ3v) is 3.74. The summed E-state index contributed by atoms with van der Waals surface area (Å²) in [5.74, 6) is 1.37. The molecule has 2 aromatic carbocycles. The number of ether oxygens (including phenoxy) is 3. The molecule has 0 N–H and O–H groups in total. The smallest absolute Gasteiger partial charge is 0.310 e. The van der Waals surface area contributed by atoms with Crippen LogP contribution in [0.5, 0.6) is 17.2 Å². The molecule has 2 aromatic rings. The number of benzene rings is 2. The lowest BCUT2D eigenvalue weighted by Gasteiger charge is -2.12. The van der Waals surface area contributed by atoms with Crippen molar-refractivity contribution in [2.45, 2.75) is 6.61 Å². The van der Waals surface area contributed by atoms with Crippen molar-refractivity contribution < 1.29 is 19.1 Å². The molecule has 0 fully saturated rings. The van der Waals surface area contributed by atoms with Gasteiger partial charge in [0.1, 0.15) is 6.61 Å². The minimum Gasteiger partial charge on any atom is -0.493 e. The minimum absolute atomic E-state index is 0.0703. The van der Waals surface area contributed by atoms with Gasteiger partial charge >= 0.3 is 5.69 Å². The fraction of sp³-hybridized carbons (Fsp3) is 0.200. The van der Waals surface area contributed by atoms with Crippen molar-refractivity contribution in [2.24, 2.45) is 0 Å². The van der Waals surface area contributed by atoms with E-state index in [-0.39, 0.29) is 18.0 Å². The largest absolute Gasteiger partial charge is 0.493 e. The zero-order valence-electron chi connectivity index (χ0n) is 12.0. The van der Waals surface area contributed by atoms with Crippen molar-refractivity contribution in [1.29, 1.82) is 0 Å². The maximum absolute atomic E-state index is 11.0. The third kappa shape index (κ3) is 3.48. The van der Waals surface area contributed by atoms with Crippen LogP contribution in [0.2, 0.25) is 0 Å². The summed E-state index contributed by atoms with van der Waals surface area (Å²) in [7, 11) is 3.09. The highest BCUT2D eigenvalue weighted by Crippen LogP contribution is 2.34. The van der Waals surface area contributed by atoms with E-state index in [1.54, 1.807) is 44.6 Å². The molecule has 0 atom stereocenters. The number of hydrogen-bond acceptors (Lipinski definition) is 5. The Labute approximate surface area is 135 Å². The highest BCUT2D eigenvalue weighted by molar-refractivity contribution is 9.10. The first kappa shape index (κ1) is 16.1. The van der Waals surface area contributed by atoms with E-state index in [4.69, 9.17) is 14.2 Å². The predicted octanol–water partition coefficient (Wildman–Crippen LogP) is 3.95. The lowest BCUT2D eigenvalue weighted by Crippen LogP contribution is -2.01. The Hall–Kier alpha value is -2.28. The average molecular weight is 368 g/mol. The number of hydrogen-bond donors (Lipinski definition) is 0. The van der Waals surface area contributed by atoms with Crippen LogP contribution >= 0.6 is 15.9 Å². The van der Waals surface area contributed by atoms with E-state index in [0.29, 0.717) is 11.5 Å². The normalized spacial score (nSPS) is 10.1. The zero-order valence-corrected chi connectivity index (χ0v) is 13.6. The summed E-state index contributed by atoms with van der Waals surface area (Å²) in [6, 6.07) is 9.77. The fourth-order valence-corrected chi connectivity index (χ4v) is 2.33. The molecule has 2 rings (SSSR count). The molecule has 0 bridgehead atoms. The molecule has 0 radical (unpaired) electrons. The maximum atomic E-state index is 11.0. The van der Waals surface area contributed by atoms with Gasteiger partial charge in [-0.2, -0.15) is 0 Å². The van der Waals surface area contributed by atoms with Gasteiger partial charge in [-0.25, -0.2) is 0 Å². The third-order valence-electron chi connectivity index (χ3n) is 3.00. The molecule has 0 aliphatic carbocycles. The van der Waals surface area contributed by atoms with E-state index in [2.05, 4.69) is 15.9 Å². The van der Waals surface area contributed by atoms with Crippen LogP contribution in [0.15, 0.2) is 40.9 Å². The van der Waals surface area contributed by atoms with Gasteiger partial charge in [0.15, 0.2) is 17.2 Å². The second-order valence-corrected chi connectivity index (χ2v) is 5.17. The van der Waals surface area contributed by atoms with Crippen LogP contribution in [-0.2, 0) is 6.61 Å². The quantitative estimate of drug-likeness (QED) is 0.570. The van der Waals surface area contributed by atoms with Crippen LogP contribution in [0, 0.1) is 10.1 Å². The van der Waals surface area contributed by atoms with E-state index in [9.17, 15) is 10.1 Å². The van der Waals surface area contributed by atoms with Crippen LogP contribution < -0.4 is 14.2 Å². The lowest BCUT2D eigenvalue weighted by molar-refractivity contribution is -0.385. The molecule has 7 heteroatoms. The molecule has 6 nitrogen and oxygen atoms in total. The first-order valence-electron chi connectivity index (χ1n) is 6.33. The number of nitrogens with zero attached hydrogens (tertiary/aromatic N) is 1. The van der Waals surface area contributed by atoms with Crippen LogP contribution in [0.3, 0.4) is 0 Å². The maximum Gasteiger partial charge on any atom is 0.310 e. The van der Waals surface area contributed by atoms with Crippen molar-refractivity contribution in [1.82, 2.24) is 0 Å². The average Bonchev–Trinajstić information content (AvgIpc) is 2.53. The molecule has 0 heterocycles. The SMILES string of the molecule is COc1cc(Br)c(COc2ccccc2[N+](=O)[O-])cc1OC. The summed E-state index contributed by atoms with van der Waals surface area (Å²) in [6.07, 6.45) is 0.